The van der Waals surface area contributed by atoms with Crippen molar-refractivity contribution in [2.24, 2.45) is 0 Å². The van der Waals surface area contributed by atoms with Gasteiger partial charge >= 0.3 is 0 Å². The fraction of sp³-hybridized carbons (Fsp3) is 0.312. The summed E-state index contributed by atoms with van der Waals surface area (Å²) in [6.45, 7) is 1.71. The number of ketones is 2. The molecule has 9 rings (SSSR count). The third-order valence-corrected chi connectivity index (χ3v) is 10.2. The molecule has 4 heteroatoms. The van der Waals surface area contributed by atoms with E-state index >= 15 is 9.59 Å². The molecule has 4 aromatic carbocycles. The first-order valence-corrected chi connectivity index (χ1v) is 13.4. The largest absolute Gasteiger partial charge is 0.292 e. The van der Waals surface area contributed by atoms with Crippen LogP contribution in [0.3, 0.4) is 0 Å². The second kappa shape index (κ2) is 6.31. The van der Waals surface area contributed by atoms with Crippen LogP contribution in [-0.2, 0) is 11.1 Å². The zero-order chi connectivity index (χ0) is 23.8. The molecule has 0 aromatic heterocycles. The van der Waals surface area contributed by atoms with Gasteiger partial charge in [0.2, 0.25) is 0 Å². The molecule has 0 bridgehead atoms. The summed E-state index contributed by atoms with van der Waals surface area (Å²) in [4.78, 5) is 35.3. The van der Waals surface area contributed by atoms with E-state index < -0.39 is 11.1 Å². The predicted molar refractivity (Wildman–Crippen MR) is 139 cm³/mol. The van der Waals surface area contributed by atoms with Gasteiger partial charge in [0.05, 0.1) is 0 Å². The van der Waals surface area contributed by atoms with Crippen LogP contribution < -0.4 is 0 Å². The number of fused-ring (bicyclic) bond motifs is 8. The van der Waals surface area contributed by atoms with Crippen LogP contribution in [0.5, 0.6) is 0 Å². The van der Waals surface area contributed by atoms with Crippen LogP contribution in [0.4, 0.5) is 0 Å². The molecule has 3 aliphatic heterocycles. The second-order valence-corrected chi connectivity index (χ2v) is 11.3. The van der Waals surface area contributed by atoms with E-state index in [2.05, 4.69) is 58.3 Å². The molecule has 0 saturated carbocycles. The van der Waals surface area contributed by atoms with Crippen LogP contribution in [0.1, 0.15) is 57.5 Å². The van der Waals surface area contributed by atoms with E-state index in [4.69, 9.17) is 0 Å². The number of carbonyl (C=O) groups excluding carboxylic acids is 2. The standard InChI is InChI=1S/C32H26N2O2/c35-29-21-11-1-7-19-9-3-13-23(27(19)21)31(29)32(34-18-6-16-26(34)25-15-5-17-33(25)31)24-14-4-10-20-8-2-12-22(28(20)24)30(32)36/h1-4,7-14,25-26H,5-6,15-18H2/t25-,26-,31-,32-/m1/s1. The van der Waals surface area contributed by atoms with Crippen LogP contribution >= 0.6 is 0 Å². The van der Waals surface area contributed by atoms with Gasteiger partial charge in [-0.15, -0.1) is 0 Å². The average Bonchev–Trinajstić information content (AvgIpc) is 3.68. The highest BCUT2D eigenvalue weighted by Crippen LogP contribution is 2.66. The lowest BCUT2D eigenvalue weighted by Gasteiger charge is -2.62. The Hall–Kier alpha value is -3.34. The van der Waals surface area contributed by atoms with Crippen LogP contribution in [0.15, 0.2) is 72.8 Å². The first-order chi connectivity index (χ1) is 17.7. The van der Waals surface area contributed by atoms with Crippen LogP contribution in [-0.4, -0.2) is 46.5 Å². The maximum atomic E-state index is 15.1. The molecule has 0 amide bonds. The lowest BCUT2D eigenvalue weighted by molar-refractivity contribution is -0.113. The predicted octanol–water partition coefficient (Wildman–Crippen LogP) is 5.42. The van der Waals surface area contributed by atoms with Gasteiger partial charge in [0.15, 0.2) is 11.6 Å². The van der Waals surface area contributed by atoms with E-state index in [1.54, 1.807) is 0 Å². The van der Waals surface area contributed by atoms with Crippen molar-refractivity contribution in [3.63, 3.8) is 0 Å². The van der Waals surface area contributed by atoms with Gasteiger partial charge in [0.25, 0.3) is 0 Å². The number of carbonyl (C=O) groups is 2. The zero-order valence-electron chi connectivity index (χ0n) is 20.0. The monoisotopic (exact) mass is 470 g/mol. The second-order valence-electron chi connectivity index (χ2n) is 11.3. The van der Waals surface area contributed by atoms with Gasteiger partial charge < -0.3 is 0 Å². The van der Waals surface area contributed by atoms with Crippen molar-refractivity contribution in [3.8, 4) is 0 Å². The fourth-order valence-corrected chi connectivity index (χ4v) is 9.22. The van der Waals surface area contributed by atoms with E-state index in [-0.39, 0.29) is 11.6 Å². The molecule has 3 saturated heterocycles. The molecule has 2 aliphatic carbocycles. The summed E-state index contributed by atoms with van der Waals surface area (Å²) >= 11 is 0. The fourth-order valence-electron chi connectivity index (χ4n) is 9.22. The SMILES string of the molecule is O=C1c2cccc3cccc(c23)[C@@]12N1CCC[C@@H]1[C@H]1CCCN1[C@]21C(=O)c2cccc3cccc1c23. The van der Waals surface area contributed by atoms with E-state index in [9.17, 15) is 0 Å². The number of benzene rings is 4. The van der Waals surface area contributed by atoms with E-state index in [0.29, 0.717) is 12.1 Å². The minimum atomic E-state index is -1.05. The molecule has 0 radical (unpaired) electrons. The van der Waals surface area contributed by atoms with Crippen LogP contribution in [0.25, 0.3) is 21.5 Å². The highest BCUT2D eigenvalue weighted by molar-refractivity contribution is 6.28. The van der Waals surface area contributed by atoms with Gasteiger partial charge in [-0.3, -0.25) is 19.4 Å². The topological polar surface area (TPSA) is 40.6 Å². The molecule has 0 unspecified atom stereocenters. The van der Waals surface area contributed by atoms with Gasteiger partial charge in [-0.25, -0.2) is 0 Å². The Labute approximate surface area is 209 Å². The zero-order valence-corrected chi connectivity index (χ0v) is 20.0. The van der Waals surface area contributed by atoms with Gasteiger partial charge in [0.1, 0.15) is 11.1 Å². The third-order valence-electron chi connectivity index (χ3n) is 10.2. The summed E-state index contributed by atoms with van der Waals surface area (Å²) in [5.74, 6) is 0.231. The molecule has 4 atom stereocenters. The van der Waals surface area contributed by atoms with E-state index in [1.807, 2.05) is 24.3 Å². The Morgan fingerprint density at radius 2 is 1.00 bits per heavy atom. The Bertz CT molecular complexity index is 1550. The molecular formula is C32H26N2O2. The Morgan fingerprint density at radius 3 is 1.44 bits per heavy atom. The summed E-state index contributed by atoms with van der Waals surface area (Å²) in [6, 6.07) is 25.5. The first kappa shape index (κ1) is 19.8. The van der Waals surface area contributed by atoms with Crippen molar-refractivity contribution in [2.45, 2.75) is 48.8 Å². The first-order valence-electron chi connectivity index (χ1n) is 13.4. The number of Topliss-reactive ketones (excluding diaryl/α,β-unsaturated/α-hetero) is 2. The Kier molecular flexibility index (Phi) is 3.47. The molecule has 2 spiro atoms. The highest BCUT2D eigenvalue weighted by atomic mass is 16.1. The number of rotatable bonds is 0. The highest BCUT2D eigenvalue weighted by Gasteiger charge is 2.77. The summed E-state index contributed by atoms with van der Waals surface area (Å²) in [5, 5.41) is 4.27. The summed E-state index contributed by atoms with van der Waals surface area (Å²) in [5.41, 5.74) is 1.53. The maximum absolute atomic E-state index is 15.1. The number of hydrogen-bond donors (Lipinski definition) is 0. The molecule has 3 heterocycles. The Morgan fingerprint density at radius 1 is 0.583 bits per heavy atom. The van der Waals surface area contributed by atoms with Crippen molar-refractivity contribution in [1.82, 2.24) is 9.80 Å². The van der Waals surface area contributed by atoms with Crippen LogP contribution in [0, 0.1) is 0 Å². The molecule has 176 valence electrons. The summed E-state index contributed by atoms with van der Waals surface area (Å²) in [7, 11) is 0. The van der Waals surface area contributed by atoms with Crippen LogP contribution in [0.2, 0.25) is 0 Å². The number of nitrogens with zero attached hydrogens (tertiary/aromatic N) is 2. The average molecular weight is 471 g/mol. The van der Waals surface area contributed by atoms with Crippen molar-refractivity contribution >= 4 is 33.1 Å². The summed E-state index contributed by atoms with van der Waals surface area (Å²) < 4.78 is 0. The quantitative estimate of drug-likeness (QED) is 0.344. The molecule has 4 aromatic rings. The normalized spacial score (nSPS) is 32.4. The van der Waals surface area contributed by atoms with Gasteiger partial charge in [-0.05, 0) is 71.4 Å². The molecular weight excluding hydrogens is 444 g/mol. The molecule has 3 fully saturated rings. The van der Waals surface area contributed by atoms with Crippen molar-refractivity contribution in [2.75, 3.05) is 13.1 Å². The summed E-state index contributed by atoms with van der Waals surface area (Å²) in [6.07, 6.45) is 4.31. The van der Waals surface area contributed by atoms with E-state index in [0.717, 1.165) is 82.6 Å². The van der Waals surface area contributed by atoms with Gasteiger partial charge in [0, 0.05) is 23.2 Å². The van der Waals surface area contributed by atoms with Gasteiger partial charge in [-0.2, -0.15) is 0 Å². The minimum Gasteiger partial charge on any atom is -0.292 e. The third kappa shape index (κ3) is 1.82. The number of piperazine rings is 1. The Balaban J connectivity index is 1.50. The van der Waals surface area contributed by atoms with Gasteiger partial charge in [-0.1, -0.05) is 72.8 Å². The molecule has 4 nitrogen and oxygen atoms in total. The molecule has 36 heavy (non-hydrogen) atoms. The maximum Gasteiger partial charge on any atom is 0.191 e. The molecule has 0 N–H and O–H groups in total. The minimum absolute atomic E-state index is 0.115. The van der Waals surface area contributed by atoms with Crippen molar-refractivity contribution < 1.29 is 9.59 Å². The number of hydrogen-bond acceptors (Lipinski definition) is 4. The molecule has 5 aliphatic rings. The lowest BCUT2D eigenvalue weighted by atomic mass is 9.62. The van der Waals surface area contributed by atoms with E-state index in [1.165, 1.54) is 0 Å². The smallest absolute Gasteiger partial charge is 0.191 e. The lowest BCUT2D eigenvalue weighted by Crippen LogP contribution is -2.78. The van der Waals surface area contributed by atoms with Crippen molar-refractivity contribution in [3.05, 3.63) is 95.1 Å². The van der Waals surface area contributed by atoms with Crippen molar-refractivity contribution in [1.29, 1.82) is 0 Å².